The molecule has 0 saturated carbocycles. The van der Waals surface area contributed by atoms with Crippen LogP contribution < -0.4 is 19.5 Å². The highest BCUT2D eigenvalue weighted by atomic mass is 127. The van der Waals surface area contributed by atoms with Crippen LogP contribution in [0.15, 0.2) is 17.1 Å². The number of methoxy groups -OCH3 is 3. The van der Waals surface area contributed by atoms with Crippen molar-refractivity contribution in [1.29, 1.82) is 0 Å². The van der Waals surface area contributed by atoms with E-state index in [0.717, 1.165) is 62.2 Å². The minimum atomic E-state index is 0. The topological polar surface area (TPSA) is 64.6 Å². The second-order valence-corrected chi connectivity index (χ2v) is 6.34. The van der Waals surface area contributed by atoms with E-state index in [4.69, 9.17) is 18.9 Å². The molecule has 1 unspecified atom stereocenters. The Bertz CT molecular complexity index is 582. The van der Waals surface area contributed by atoms with E-state index in [0.29, 0.717) is 11.7 Å². The fraction of sp³-hybridized carbons (Fsp3) is 0.632. The number of ether oxygens (including phenoxy) is 4. The maximum atomic E-state index is 5.51. The Morgan fingerprint density at radius 2 is 1.89 bits per heavy atom. The number of guanidine groups is 1. The number of rotatable bonds is 8. The lowest BCUT2D eigenvalue weighted by molar-refractivity contribution is 0.181. The van der Waals surface area contributed by atoms with Gasteiger partial charge in [0, 0.05) is 57.4 Å². The van der Waals surface area contributed by atoms with E-state index in [9.17, 15) is 0 Å². The molecule has 1 saturated heterocycles. The number of aliphatic imine (C=N–C) groups is 1. The van der Waals surface area contributed by atoms with Crippen LogP contribution in [-0.4, -0.2) is 72.6 Å². The standard InChI is InChI=1S/C19H31N3O4.HI/c1-20-19(22(2)12-14-7-9-26-13-14)21-8-6-16-17(24-4)10-15(23-3)11-18(16)25-5;/h10-11,14H,6-9,12-13H2,1-5H3,(H,20,21);1H. The monoisotopic (exact) mass is 493 g/mol. The van der Waals surface area contributed by atoms with Gasteiger partial charge in [-0.25, -0.2) is 0 Å². The van der Waals surface area contributed by atoms with Crippen LogP contribution in [0.2, 0.25) is 0 Å². The summed E-state index contributed by atoms with van der Waals surface area (Å²) in [5.41, 5.74) is 1.01. The van der Waals surface area contributed by atoms with Crippen molar-refractivity contribution in [2.75, 3.05) is 61.7 Å². The van der Waals surface area contributed by atoms with Gasteiger partial charge in [-0.3, -0.25) is 4.99 Å². The van der Waals surface area contributed by atoms with E-state index in [1.54, 1.807) is 28.4 Å². The molecule has 1 aromatic rings. The number of benzene rings is 1. The van der Waals surface area contributed by atoms with E-state index in [-0.39, 0.29) is 24.0 Å². The Hall–Kier alpha value is -1.42. The summed E-state index contributed by atoms with van der Waals surface area (Å²) in [6, 6.07) is 3.75. The maximum absolute atomic E-state index is 5.51. The van der Waals surface area contributed by atoms with Gasteiger partial charge in [0.25, 0.3) is 0 Å². The number of halogens is 1. The van der Waals surface area contributed by atoms with Crippen molar-refractivity contribution in [3.8, 4) is 17.2 Å². The quantitative estimate of drug-likeness (QED) is 0.341. The molecule has 0 radical (unpaired) electrons. The van der Waals surface area contributed by atoms with E-state index in [1.807, 2.05) is 12.1 Å². The molecule has 1 N–H and O–H groups in total. The van der Waals surface area contributed by atoms with Gasteiger partial charge in [-0.15, -0.1) is 24.0 Å². The summed E-state index contributed by atoms with van der Waals surface area (Å²) >= 11 is 0. The molecule has 2 rings (SSSR count). The molecule has 1 aromatic carbocycles. The van der Waals surface area contributed by atoms with Gasteiger partial charge in [-0.05, 0) is 12.8 Å². The lowest BCUT2D eigenvalue weighted by Gasteiger charge is -2.24. The predicted molar refractivity (Wildman–Crippen MR) is 118 cm³/mol. The summed E-state index contributed by atoms with van der Waals surface area (Å²) in [6.45, 7) is 3.36. The zero-order valence-corrected chi connectivity index (χ0v) is 19.2. The average molecular weight is 493 g/mol. The number of hydrogen-bond acceptors (Lipinski definition) is 5. The first kappa shape index (κ1) is 23.6. The Morgan fingerprint density at radius 3 is 2.37 bits per heavy atom. The average Bonchev–Trinajstić information content (AvgIpc) is 3.17. The highest BCUT2D eigenvalue weighted by molar-refractivity contribution is 14.0. The third kappa shape index (κ3) is 6.60. The summed E-state index contributed by atoms with van der Waals surface area (Å²) in [5, 5.41) is 3.42. The summed E-state index contributed by atoms with van der Waals surface area (Å²) in [5.74, 6) is 3.68. The first-order valence-corrected chi connectivity index (χ1v) is 8.91. The molecule has 27 heavy (non-hydrogen) atoms. The largest absolute Gasteiger partial charge is 0.496 e. The highest BCUT2D eigenvalue weighted by Crippen LogP contribution is 2.34. The Labute approximate surface area is 179 Å². The van der Waals surface area contributed by atoms with Crippen molar-refractivity contribution in [2.45, 2.75) is 12.8 Å². The minimum absolute atomic E-state index is 0. The van der Waals surface area contributed by atoms with Crippen LogP contribution in [0.5, 0.6) is 17.2 Å². The lowest BCUT2D eigenvalue weighted by Crippen LogP contribution is -2.42. The van der Waals surface area contributed by atoms with Gasteiger partial charge in [0.1, 0.15) is 17.2 Å². The van der Waals surface area contributed by atoms with Crippen LogP contribution in [0, 0.1) is 5.92 Å². The zero-order valence-electron chi connectivity index (χ0n) is 16.9. The molecule has 0 aromatic heterocycles. The van der Waals surface area contributed by atoms with Crippen LogP contribution in [-0.2, 0) is 11.2 Å². The summed E-state index contributed by atoms with van der Waals surface area (Å²) in [6.07, 6.45) is 1.86. The summed E-state index contributed by atoms with van der Waals surface area (Å²) < 4.78 is 21.8. The molecule has 1 heterocycles. The van der Waals surface area contributed by atoms with Crippen molar-refractivity contribution in [3.05, 3.63) is 17.7 Å². The normalized spacial score (nSPS) is 16.5. The number of nitrogens with one attached hydrogen (secondary N) is 1. The first-order chi connectivity index (χ1) is 12.6. The molecular formula is C19H32IN3O4. The van der Waals surface area contributed by atoms with Crippen molar-refractivity contribution >= 4 is 29.9 Å². The van der Waals surface area contributed by atoms with Crippen molar-refractivity contribution in [2.24, 2.45) is 10.9 Å². The fourth-order valence-corrected chi connectivity index (χ4v) is 3.21. The van der Waals surface area contributed by atoms with Crippen molar-refractivity contribution in [3.63, 3.8) is 0 Å². The molecule has 154 valence electrons. The molecule has 1 fully saturated rings. The van der Waals surface area contributed by atoms with Crippen LogP contribution in [0.3, 0.4) is 0 Å². The molecule has 0 spiro atoms. The molecule has 1 atom stereocenters. The van der Waals surface area contributed by atoms with Gasteiger partial charge in [0.05, 0.1) is 27.9 Å². The van der Waals surface area contributed by atoms with Gasteiger partial charge in [0.2, 0.25) is 0 Å². The van der Waals surface area contributed by atoms with Gasteiger partial charge in [-0.1, -0.05) is 0 Å². The Balaban J connectivity index is 0.00000364. The van der Waals surface area contributed by atoms with Gasteiger partial charge < -0.3 is 29.2 Å². The summed E-state index contributed by atoms with van der Waals surface area (Å²) in [7, 11) is 8.80. The summed E-state index contributed by atoms with van der Waals surface area (Å²) in [4.78, 5) is 6.54. The molecule has 0 aliphatic carbocycles. The SMILES string of the molecule is CN=C(NCCc1c(OC)cc(OC)cc1OC)N(C)CC1CCOC1.I. The number of hydrogen-bond donors (Lipinski definition) is 1. The van der Waals surface area contributed by atoms with Crippen LogP contribution in [0.1, 0.15) is 12.0 Å². The lowest BCUT2D eigenvalue weighted by atomic mass is 10.1. The second-order valence-electron chi connectivity index (χ2n) is 6.34. The Kier molecular flexibility index (Phi) is 10.6. The van der Waals surface area contributed by atoms with Crippen molar-refractivity contribution < 1.29 is 18.9 Å². The Morgan fingerprint density at radius 1 is 1.22 bits per heavy atom. The minimum Gasteiger partial charge on any atom is -0.496 e. The molecule has 0 amide bonds. The van der Waals surface area contributed by atoms with E-state index in [1.165, 1.54) is 0 Å². The van der Waals surface area contributed by atoms with Crippen LogP contribution in [0.25, 0.3) is 0 Å². The zero-order chi connectivity index (χ0) is 18.9. The fourth-order valence-electron chi connectivity index (χ4n) is 3.21. The first-order valence-electron chi connectivity index (χ1n) is 8.91. The molecule has 0 bridgehead atoms. The third-order valence-corrected chi connectivity index (χ3v) is 4.60. The van der Waals surface area contributed by atoms with E-state index >= 15 is 0 Å². The van der Waals surface area contributed by atoms with Crippen molar-refractivity contribution in [1.82, 2.24) is 10.2 Å². The number of nitrogens with zero attached hydrogens (tertiary/aromatic N) is 2. The highest BCUT2D eigenvalue weighted by Gasteiger charge is 2.19. The van der Waals surface area contributed by atoms with Crippen LogP contribution >= 0.6 is 24.0 Å². The molecular weight excluding hydrogens is 461 g/mol. The molecule has 7 nitrogen and oxygen atoms in total. The maximum Gasteiger partial charge on any atom is 0.193 e. The second kappa shape index (κ2) is 12.1. The van der Waals surface area contributed by atoms with Gasteiger partial charge >= 0.3 is 0 Å². The van der Waals surface area contributed by atoms with Gasteiger partial charge in [-0.2, -0.15) is 0 Å². The predicted octanol–water partition coefficient (Wildman–Crippen LogP) is 2.42. The molecule has 1 aliphatic heterocycles. The van der Waals surface area contributed by atoms with E-state index < -0.39 is 0 Å². The van der Waals surface area contributed by atoms with Crippen LogP contribution in [0.4, 0.5) is 0 Å². The smallest absolute Gasteiger partial charge is 0.193 e. The molecule has 8 heteroatoms. The van der Waals surface area contributed by atoms with E-state index in [2.05, 4.69) is 22.3 Å². The van der Waals surface area contributed by atoms with Gasteiger partial charge in [0.15, 0.2) is 5.96 Å². The third-order valence-electron chi connectivity index (χ3n) is 4.60. The molecule has 1 aliphatic rings.